The molecule has 0 spiro atoms. The van der Waals surface area contributed by atoms with Crippen molar-refractivity contribution in [3.8, 4) is 0 Å². The van der Waals surface area contributed by atoms with E-state index in [-0.39, 0.29) is 0 Å². The maximum atomic E-state index is 11.0. The molecule has 0 radical (unpaired) electrons. The molecule has 1 fully saturated rings. The van der Waals surface area contributed by atoms with Crippen LogP contribution in [-0.4, -0.2) is 33.9 Å². The van der Waals surface area contributed by atoms with Gasteiger partial charge in [-0.1, -0.05) is 30.3 Å². The molecule has 92 valence electrons. The van der Waals surface area contributed by atoms with E-state index in [1.54, 1.807) is 0 Å². The van der Waals surface area contributed by atoms with Crippen LogP contribution < -0.4 is 0 Å². The Morgan fingerprint density at radius 1 is 1.29 bits per heavy atom. The second-order valence-corrected chi connectivity index (χ2v) is 5.26. The summed E-state index contributed by atoms with van der Waals surface area (Å²) in [5.74, 6) is -0.890. The van der Waals surface area contributed by atoms with Gasteiger partial charge in [0.15, 0.2) is 0 Å². The molecule has 1 aromatic rings. The number of carboxylic acids is 1. The van der Waals surface area contributed by atoms with E-state index in [9.17, 15) is 4.79 Å². The van der Waals surface area contributed by atoms with E-state index >= 15 is 0 Å². The number of aliphatic carboxylic acids is 1. The van der Waals surface area contributed by atoms with Gasteiger partial charge in [0.05, 0.1) is 0 Å². The molecule has 1 aliphatic heterocycles. The number of carbonyl (C=O) groups is 1. The Morgan fingerprint density at radius 3 is 2.41 bits per heavy atom. The predicted octanol–water partition coefficient (Wildman–Crippen LogP) is 2.34. The van der Waals surface area contributed by atoms with Gasteiger partial charge in [-0.2, -0.15) is 0 Å². The first kappa shape index (κ1) is 12.4. The fraction of sp³-hybridized carbons (Fsp3) is 0.462. The summed E-state index contributed by atoms with van der Waals surface area (Å²) < 4.78 is 0. The van der Waals surface area contributed by atoms with Crippen molar-refractivity contribution < 1.29 is 9.90 Å². The number of carboxylic acid groups (broad SMARTS) is 1. The highest BCUT2D eigenvalue weighted by molar-refractivity contribution is 6.33. The van der Waals surface area contributed by atoms with Crippen LogP contribution >= 0.6 is 11.6 Å². The summed E-state index contributed by atoms with van der Waals surface area (Å²) in [7, 11) is 0. The maximum Gasteiger partial charge on any atom is 0.324 e. The Bertz CT molecular complexity index is 386. The highest BCUT2D eigenvalue weighted by atomic mass is 35.5. The molecule has 0 aliphatic carbocycles. The van der Waals surface area contributed by atoms with E-state index in [0.29, 0.717) is 12.8 Å². The summed E-state index contributed by atoms with van der Waals surface area (Å²) in [6.45, 7) is 2.35. The summed E-state index contributed by atoms with van der Waals surface area (Å²) in [5.41, 5.74) is 1.25. The number of rotatable bonds is 3. The van der Waals surface area contributed by atoms with Gasteiger partial charge in [0.1, 0.15) is 4.87 Å². The van der Waals surface area contributed by atoms with Crippen molar-refractivity contribution in [1.82, 2.24) is 4.90 Å². The summed E-state index contributed by atoms with van der Waals surface area (Å²) in [4.78, 5) is 12.2. The highest BCUT2D eigenvalue weighted by Crippen LogP contribution is 2.30. The van der Waals surface area contributed by atoms with Crippen molar-refractivity contribution in [2.45, 2.75) is 24.3 Å². The first-order valence-electron chi connectivity index (χ1n) is 5.79. The third-order valence-electron chi connectivity index (χ3n) is 3.28. The van der Waals surface area contributed by atoms with Gasteiger partial charge in [-0.15, -0.1) is 11.6 Å². The topological polar surface area (TPSA) is 40.5 Å². The Balaban J connectivity index is 1.90. The van der Waals surface area contributed by atoms with Crippen molar-refractivity contribution in [1.29, 1.82) is 0 Å². The summed E-state index contributed by atoms with van der Waals surface area (Å²) >= 11 is 6.05. The van der Waals surface area contributed by atoms with Crippen molar-refractivity contribution in [3.05, 3.63) is 35.9 Å². The van der Waals surface area contributed by atoms with Crippen LogP contribution in [0.1, 0.15) is 18.4 Å². The minimum atomic E-state index is -1.05. The van der Waals surface area contributed by atoms with Crippen LogP contribution in [-0.2, 0) is 11.3 Å². The summed E-state index contributed by atoms with van der Waals surface area (Å²) in [5, 5.41) is 9.02. The lowest BCUT2D eigenvalue weighted by Crippen LogP contribution is -2.45. The van der Waals surface area contributed by atoms with Crippen LogP contribution in [0.4, 0.5) is 0 Å². The van der Waals surface area contributed by atoms with Gasteiger partial charge in [0, 0.05) is 19.6 Å². The van der Waals surface area contributed by atoms with E-state index in [0.717, 1.165) is 19.6 Å². The van der Waals surface area contributed by atoms with Crippen LogP contribution in [0.15, 0.2) is 30.3 Å². The van der Waals surface area contributed by atoms with Gasteiger partial charge >= 0.3 is 5.97 Å². The molecule has 1 aliphatic rings. The van der Waals surface area contributed by atoms with Gasteiger partial charge in [-0.25, -0.2) is 0 Å². The monoisotopic (exact) mass is 253 g/mol. The number of hydrogen-bond donors (Lipinski definition) is 1. The molecule has 1 aromatic carbocycles. The zero-order chi connectivity index (χ0) is 12.3. The van der Waals surface area contributed by atoms with E-state index < -0.39 is 10.8 Å². The zero-order valence-electron chi connectivity index (χ0n) is 9.60. The van der Waals surface area contributed by atoms with Crippen LogP contribution in [0.5, 0.6) is 0 Å². The van der Waals surface area contributed by atoms with Crippen LogP contribution in [0.3, 0.4) is 0 Å². The van der Waals surface area contributed by atoms with Crippen molar-refractivity contribution >= 4 is 17.6 Å². The fourth-order valence-electron chi connectivity index (χ4n) is 2.12. The Hall–Kier alpha value is -1.06. The number of benzene rings is 1. The summed E-state index contributed by atoms with van der Waals surface area (Å²) in [6.07, 6.45) is 1.02. The van der Waals surface area contributed by atoms with Crippen molar-refractivity contribution in [3.63, 3.8) is 0 Å². The fourth-order valence-corrected chi connectivity index (χ4v) is 2.29. The third-order valence-corrected chi connectivity index (χ3v) is 3.82. The minimum absolute atomic E-state index is 0.511. The number of hydrogen-bond acceptors (Lipinski definition) is 2. The lowest BCUT2D eigenvalue weighted by molar-refractivity contribution is -0.141. The lowest BCUT2D eigenvalue weighted by Gasteiger charge is -2.34. The van der Waals surface area contributed by atoms with Crippen LogP contribution in [0.2, 0.25) is 0 Å². The molecule has 0 atom stereocenters. The minimum Gasteiger partial charge on any atom is -0.480 e. The van der Waals surface area contributed by atoms with Gasteiger partial charge in [-0.3, -0.25) is 9.69 Å². The number of likely N-dealkylation sites (tertiary alicyclic amines) is 1. The van der Waals surface area contributed by atoms with Gasteiger partial charge in [0.25, 0.3) is 0 Å². The predicted molar refractivity (Wildman–Crippen MR) is 67.2 cm³/mol. The molecule has 0 unspecified atom stereocenters. The first-order valence-corrected chi connectivity index (χ1v) is 6.16. The van der Waals surface area contributed by atoms with Gasteiger partial charge in [0.2, 0.25) is 0 Å². The Morgan fingerprint density at radius 2 is 1.88 bits per heavy atom. The number of halogens is 1. The molecule has 0 aromatic heterocycles. The number of nitrogens with zero attached hydrogens (tertiary/aromatic N) is 1. The molecule has 17 heavy (non-hydrogen) atoms. The quantitative estimate of drug-likeness (QED) is 0.841. The molecule has 4 heteroatoms. The molecular weight excluding hydrogens is 238 g/mol. The molecule has 1 heterocycles. The lowest BCUT2D eigenvalue weighted by atomic mass is 9.95. The van der Waals surface area contributed by atoms with E-state index in [4.69, 9.17) is 16.7 Å². The molecular formula is C13H16ClNO2. The van der Waals surface area contributed by atoms with Crippen LogP contribution in [0, 0.1) is 0 Å². The zero-order valence-corrected chi connectivity index (χ0v) is 10.4. The van der Waals surface area contributed by atoms with Crippen molar-refractivity contribution in [2.75, 3.05) is 13.1 Å². The number of piperidine rings is 1. The summed E-state index contributed by atoms with van der Waals surface area (Å²) in [6, 6.07) is 10.2. The third kappa shape index (κ3) is 2.99. The molecule has 3 nitrogen and oxygen atoms in total. The average molecular weight is 254 g/mol. The molecule has 1 N–H and O–H groups in total. The molecule has 0 amide bonds. The van der Waals surface area contributed by atoms with E-state index in [2.05, 4.69) is 17.0 Å². The first-order chi connectivity index (χ1) is 8.10. The standard InChI is InChI=1S/C13H16ClNO2/c14-13(12(16)17)6-8-15(9-7-13)10-11-4-2-1-3-5-11/h1-5H,6-10H2,(H,16,17). The molecule has 2 rings (SSSR count). The maximum absolute atomic E-state index is 11.0. The number of alkyl halides is 1. The second-order valence-electron chi connectivity index (χ2n) is 4.53. The van der Waals surface area contributed by atoms with E-state index in [1.165, 1.54) is 5.56 Å². The second kappa shape index (κ2) is 5.07. The van der Waals surface area contributed by atoms with Gasteiger partial charge in [-0.05, 0) is 18.4 Å². The normalized spacial score (nSPS) is 20.1. The molecule has 1 saturated heterocycles. The SMILES string of the molecule is O=C(O)C1(Cl)CCN(Cc2ccccc2)CC1. The van der Waals surface area contributed by atoms with Gasteiger partial charge < -0.3 is 5.11 Å². The van der Waals surface area contributed by atoms with Crippen LogP contribution in [0.25, 0.3) is 0 Å². The van der Waals surface area contributed by atoms with E-state index in [1.807, 2.05) is 18.2 Å². The smallest absolute Gasteiger partial charge is 0.324 e. The molecule has 0 saturated carbocycles. The van der Waals surface area contributed by atoms with Crippen molar-refractivity contribution in [2.24, 2.45) is 0 Å². The largest absolute Gasteiger partial charge is 0.480 e. The average Bonchev–Trinajstić information content (AvgIpc) is 2.33. The highest BCUT2D eigenvalue weighted by Gasteiger charge is 2.39. The Labute approximate surface area is 106 Å². The Kier molecular flexibility index (Phi) is 3.69. The molecule has 0 bridgehead atoms.